The summed E-state index contributed by atoms with van der Waals surface area (Å²) in [7, 11) is 0. The number of morpholine rings is 1. The second-order valence-corrected chi connectivity index (χ2v) is 7.11. The third-order valence-electron chi connectivity index (χ3n) is 4.78. The topological polar surface area (TPSA) is 111 Å². The molecule has 0 saturated carbocycles. The van der Waals surface area contributed by atoms with Gasteiger partial charge in [-0.3, -0.25) is 0 Å². The van der Waals surface area contributed by atoms with Crippen LogP contribution in [0.25, 0.3) is 5.69 Å². The molecule has 2 amide bonds. The summed E-state index contributed by atoms with van der Waals surface area (Å²) in [5.41, 5.74) is 1.90. The molecular weight excluding hydrogens is 374 g/mol. The zero-order valence-electron chi connectivity index (χ0n) is 16.5. The van der Waals surface area contributed by atoms with Crippen LogP contribution >= 0.6 is 0 Å². The number of benzene rings is 1. The Labute approximate surface area is 167 Å². The molecule has 2 aromatic heterocycles. The van der Waals surface area contributed by atoms with Crippen molar-refractivity contribution in [3.05, 3.63) is 54.0 Å². The van der Waals surface area contributed by atoms with E-state index in [1.807, 2.05) is 38.1 Å². The Bertz CT molecular complexity index is 955. The highest BCUT2D eigenvalue weighted by Crippen LogP contribution is 2.25. The molecule has 1 unspecified atom stereocenters. The van der Waals surface area contributed by atoms with Gasteiger partial charge in [-0.25, -0.2) is 9.48 Å². The minimum absolute atomic E-state index is 0.135. The Kier molecular flexibility index (Phi) is 5.26. The van der Waals surface area contributed by atoms with Crippen LogP contribution in [0, 0.1) is 6.92 Å². The maximum absolute atomic E-state index is 12.8. The molecular formula is C19H23N7O3. The molecule has 3 atom stereocenters. The molecule has 29 heavy (non-hydrogen) atoms. The molecule has 10 nitrogen and oxygen atoms in total. The van der Waals surface area contributed by atoms with E-state index in [4.69, 9.17) is 9.15 Å². The van der Waals surface area contributed by atoms with Crippen LogP contribution in [0.2, 0.25) is 0 Å². The van der Waals surface area contributed by atoms with Gasteiger partial charge in [0.2, 0.25) is 11.8 Å². The normalized spacial score (nSPS) is 20.4. The minimum atomic E-state index is -0.428. The molecule has 0 bridgehead atoms. The van der Waals surface area contributed by atoms with Gasteiger partial charge in [-0.1, -0.05) is 17.3 Å². The first-order valence-electron chi connectivity index (χ1n) is 9.47. The molecule has 152 valence electrons. The number of aromatic nitrogens is 5. The summed E-state index contributed by atoms with van der Waals surface area (Å²) < 4.78 is 13.0. The van der Waals surface area contributed by atoms with Crippen molar-refractivity contribution in [2.45, 2.75) is 39.0 Å². The Morgan fingerprint density at radius 1 is 1.24 bits per heavy atom. The van der Waals surface area contributed by atoms with Crippen LogP contribution in [0.5, 0.6) is 0 Å². The highest BCUT2D eigenvalue weighted by Gasteiger charge is 2.33. The lowest BCUT2D eigenvalue weighted by Crippen LogP contribution is -2.50. The standard InChI is InChI=1S/C19H23N7O3/c1-12-10-25(11-17(28-12)18-23-22-14(3)29-18)19(27)21-13(2)15-4-6-16(7-5-15)26-9-8-20-24-26/h4-9,12-13,17H,10-11H2,1-3H3,(H,21,27)/t12-,13?,17-/m1/s1. The zero-order chi connectivity index (χ0) is 20.4. The maximum Gasteiger partial charge on any atom is 0.318 e. The molecule has 4 rings (SSSR count). The van der Waals surface area contributed by atoms with Crippen molar-refractivity contribution >= 4 is 6.03 Å². The van der Waals surface area contributed by atoms with E-state index in [0.29, 0.717) is 24.9 Å². The summed E-state index contributed by atoms with van der Waals surface area (Å²) in [5, 5.41) is 18.7. The highest BCUT2D eigenvalue weighted by atomic mass is 16.5. The molecule has 0 aliphatic carbocycles. The van der Waals surface area contributed by atoms with Gasteiger partial charge in [-0.15, -0.1) is 15.3 Å². The lowest BCUT2D eigenvalue weighted by molar-refractivity contribution is -0.0769. The second kappa shape index (κ2) is 8.00. The fourth-order valence-electron chi connectivity index (χ4n) is 3.32. The first kappa shape index (κ1) is 19.1. The van der Waals surface area contributed by atoms with E-state index < -0.39 is 6.10 Å². The number of carbonyl (C=O) groups is 1. The lowest BCUT2D eigenvalue weighted by atomic mass is 10.1. The largest absolute Gasteiger partial charge is 0.423 e. The van der Waals surface area contributed by atoms with E-state index >= 15 is 0 Å². The summed E-state index contributed by atoms with van der Waals surface area (Å²) in [4.78, 5) is 14.6. The van der Waals surface area contributed by atoms with Crippen molar-refractivity contribution in [3.8, 4) is 5.69 Å². The molecule has 1 fully saturated rings. The van der Waals surface area contributed by atoms with Crippen LogP contribution in [0.15, 0.2) is 41.1 Å². The summed E-state index contributed by atoms with van der Waals surface area (Å²) in [5.74, 6) is 0.865. The molecule has 1 aliphatic heterocycles. The van der Waals surface area contributed by atoms with Gasteiger partial charge in [-0.05, 0) is 31.5 Å². The molecule has 1 aliphatic rings. The number of carbonyl (C=O) groups excluding carboxylic acids is 1. The van der Waals surface area contributed by atoms with Crippen molar-refractivity contribution in [2.75, 3.05) is 13.1 Å². The Morgan fingerprint density at radius 3 is 2.69 bits per heavy atom. The van der Waals surface area contributed by atoms with Crippen LogP contribution in [0.1, 0.15) is 43.3 Å². The third-order valence-corrected chi connectivity index (χ3v) is 4.78. The minimum Gasteiger partial charge on any atom is -0.423 e. The van der Waals surface area contributed by atoms with Crippen molar-refractivity contribution in [1.29, 1.82) is 0 Å². The predicted molar refractivity (Wildman–Crippen MR) is 102 cm³/mol. The third kappa shape index (κ3) is 4.27. The smallest absolute Gasteiger partial charge is 0.318 e. The number of aryl methyl sites for hydroxylation is 1. The van der Waals surface area contributed by atoms with Crippen LogP contribution in [-0.4, -0.2) is 55.3 Å². The summed E-state index contributed by atoms with van der Waals surface area (Å²) in [6.07, 6.45) is 2.84. The van der Waals surface area contributed by atoms with Crippen LogP contribution in [0.4, 0.5) is 4.79 Å². The van der Waals surface area contributed by atoms with E-state index in [-0.39, 0.29) is 18.2 Å². The number of hydrogen-bond acceptors (Lipinski definition) is 7. The molecule has 0 radical (unpaired) electrons. The molecule has 1 aromatic carbocycles. The fraction of sp³-hybridized carbons (Fsp3) is 0.421. The number of nitrogens with one attached hydrogen (secondary N) is 1. The monoisotopic (exact) mass is 397 g/mol. The van der Waals surface area contributed by atoms with Crippen LogP contribution in [-0.2, 0) is 4.74 Å². The molecule has 1 N–H and O–H groups in total. The highest BCUT2D eigenvalue weighted by molar-refractivity contribution is 5.75. The summed E-state index contributed by atoms with van der Waals surface area (Å²) in [6, 6.07) is 7.50. The molecule has 0 spiro atoms. The Hall–Kier alpha value is -3.27. The average Bonchev–Trinajstić information content (AvgIpc) is 3.39. The lowest BCUT2D eigenvalue weighted by Gasteiger charge is -2.35. The SMILES string of the molecule is Cc1nnc([C@H]2CN(C(=O)NC(C)c3ccc(-n4ccnn4)cc3)C[C@@H](C)O2)o1. The van der Waals surface area contributed by atoms with Gasteiger partial charge in [0.05, 0.1) is 36.8 Å². The van der Waals surface area contributed by atoms with Gasteiger partial charge in [0.15, 0.2) is 6.10 Å². The van der Waals surface area contributed by atoms with E-state index in [9.17, 15) is 4.79 Å². The Balaban J connectivity index is 1.40. The number of hydrogen-bond donors (Lipinski definition) is 1. The number of rotatable bonds is 4. The average molecular weight is 397 g/mol. The summed E-state index contributed by atoms with van der Waals surface area (Å²) >= 11 is 0. The fourth-order valence-corrected chi connectivity index (χ4v) is 3.32. The summed E-state index contributed by atoms with van der Waals surface area (Å²) in [6.45, 7) is 6.44. The molecule has 3 heterocycles. The number of amides is 2. The Morgan fingerprint density at radius 2 is 2.03 bits per heavy atom. The van der Waals surface area contributed by atoms with Crippen LogP contribution in [0.3, 0.4) is 0 Å². The van der Waals surface area contributed by atoms with Crippen molar-refractivity contribution in [1.82, 2.24) is 35.4 Å². The van der Waals surface area contributed by atoms with Crippen molar-refractivity contribution in [2.24, 2.45) is 0 Å². The van der Waals surface area contributed by atoms with Crippen LogP contribution < -0.4 is 5.32 Å². The molecule has 10 heteroatoms. The van der Waals surface area contributed by atoms with Crippen molar-refractivity contribution < 1.29 is 13.9 Å². The van der Waals surface area contributed by atoms with E-state index in [1.54, 1.807) is 28.9 Å². The van der Waals surface area contributed by atoms with Crippen molar-refractivity contribution in [3.63, 3.8) is 0 Å². The van der Waals surface area contributed by atoms with Gasteiger partial charge >= 0.3 is 6.03 Å². The first-order valence-corrected chi connectivity index (χ1v) is 9.47. The predicted octanol–water partition coefficient (Wildman–Crippen LogP) is 2.19. The quantitative estimate of drug-likeness (QED) is 0.718. The number of urea groups is 1. The van der Waals surface area contributed by atoms with Gasteiger partial charge in [0.25, 0.3) is 0 Å². The first-order chi connectivity index (χ1) is 14.0. The zero-order valence-corrected chi connectivity index (χ0v) is 16.5. The van der Waals surface area contributed by atoms with Gasteiger partial charge < -0.3 is 19.4 Å². The van der Waals surface area contributed by atoms with Gasteiger partial charge in [0.1, 0.15) is 0 Å². The molecule has 3 aromatic rings. The number of ether oxygens (including phenoxy) is 1. The van der Waals surface area contributed by atoms with E-state index in [1.165, 1.54) is 0 Å². The maximum atomic E-state index is 12.8. The number of nitrogens with zero attached hydrogens (tertiary/aromatic N) is 6. The molecule has 1 saturated heterocycles. The van der Waals surface area contributed by atoms with Gasteiger partial charge in [0, 0.05) is 13.5 Å². The second-order valence-electron chi connectivity index (χ2n) is 7.11. The van der Waals surface area contributed by atoms with Gasteiger partial charge in [-0.2, -0.15) is 0 Å². The van der Waals surface area contributed by atoms with E-state index in [2.05, 4.69) is 25.8 Å². The van der Waals surface area contributed by atoms with E-state index in [0.717, 1.165) is 11.3 Å².